The number of thiazole rings is 1. The van der Waals surface area contributed by atoms with Crippen LogP contribution in [-0.4, -0.2) is 11.6 Å². The molecule has 0 amide bonds. The summed E-state index contributed by atoms with van der Waals surface area (Å²) in [5, 5.41) is 1.08. The van der Waals surface area contributed by atoms with Crippen molar-refractivity contribution in [1.29, 1.82) is 0 Å². The summed E-state index contributed by atoms with van der Waals surface area (Å²) in [6.45, 7) is 7.01. The standard InChI is InChI=1S/C15H18BrNOS/c1-4-13(18-5-2)15-17-14(10(3)19-15)11-6-8-12(16)9-7-11/h6-9,13H,4-5H2,1-3H3. The predicted octanol–water partition coefficient (Wildman–Crippen LogP) is 5.37. The van der Waals surface area contributed by atoms with Gasteiger partial charge >= 0.3 is 0 Å². The van der Waals surface area contributed by atoms with Gasteiger partial charge in [-0.15, -0.1) is 11.3 Å². The summed E-state index contributed by atoms with van der Waals surface area (Å²) >= 11 is 5.20. The maximum Gasteiger partial charge on any atom is 0.122 e. The van der Waals surface area contributed by atoms with Crippen molar-refractivity contribution in [1.82, 2.24) is 4.98 Å². The van der Waals surface area contributed by atoms with E-state index in [-0.39, 0.29) is 6.10 Å². The van der Waals surface area contributed by atoms with Gasteiger partial charge in [0.05, 0.1) is 5.69 Å². The third-order valence-corrected chi connectivity index (χ3v) is 4.54. The van der Waals surface area contributed by atoms with Crippen molar-refractivity contribution in [3.63, 3.8) is 0 Å². The number of nitrogens with zero attached hydrogens (tertiary/aromatic N) is 1. The Morgan fingerprint density at radius 2 is 1.95 bits per heavy atom. The molecule has 2 rings (SSSR count). The van der Waals surface area contributed by atoms with Crippen LogP contribution < -0.4 is 0 Å². The molecule has 0 bridgehead atoms. The van der Waals surface area contributed by atoms with Gasteiger partial charge in [-0.25, -0.2) is 4.98 Å². The Bertz CT molecular complexity index is 536. The lowest BCUT2D eigenvalue weighted by Gasteiger charge is -2.11. The molecule has 0 aliphatic rings. The number of halogens is 1. The zero-order valence-electron chi connectivity index (χ0n) is 11.4. The van der Waals surface area contributed by atoms with Crippen LogP contribution in [0.2, 0.25) is 0 Å². The average molecular weight is 340 g/mol. The van der Waals surface area contributed by atoms with Crippen LogP contribution in [0.5, 0.6) is 0 Å². The molecular weight excluding hydrogens is 322 g/mol. The van der Waals surface area contributed by atoms with Crippen LogP contribution in [0.3, 0.4) is 0 Å². The van der Waals surface area contributed by atoms with Gasteiger partial charge in [0.2, 0.25) is 0 Å². The Morgan fingerprint density at radius 3 is 2.53 bits per heavy atom. The molecule has 0 spiro atoms. The fourth-order valence-electron chi connectivity index (χ4n) is 2.00. The third-order valence-electron chi connectivity index (χ3n) is 2.94. The third kappa shape index (κ3) is 3.44. The average Bonchev–Trinajstić information content (AvgIpc) is 2.79. The summed E-state index contributed by atoms with van der Waals surface area (Å²) in [7, 11) is 0. The minimum Gasteiger partial charge on any atom is -0.371 e. The SMILES string of the molecule is CCOC(CC)c1nc(-c2ccc(Br)cc2)c(C)s1. The van der Waals surface area contributed by atoms with Crippen LogP contribution in [0.1, 0.15) is 36.3 Å². The molecule has 19 heavy (non-hydrogen) atoms. The summed E-state index contributed by atoms with van der Waals surface area (Å²) in [6, 6.07) is 8.29. The summed E-state index contributed by atoms with van der Waals surface area (Å²) in [5.74, 6) is 0. The van der Waals surface area contributed by atoms with Crippen molar-refractivity contribution in [2.24, 2.45) is 0 Å². The lowest BCUT2D eigenvalue weighted by molar-refractivity contribution is 0.0597. The molecule has 0 radical (unpaired) electrons. The molecule has 2 nitrogen and oxygen atoms in total. The zero-order valence-corrected chi connectivity index (χ0v) is 13.8. The predicted molar refractivity (Wildman–Crippen MR) is 84.6 cm³/mol. The summed E-state index contributed by atoms with van der Waals surface area (Å²) < 4.78 is 6.83. The molecule has 0 saturated heterocycles. The van der Waals surface area contributed by atoms with Gasteiger partial charge in [0.25, 0.3) is 0 Å². The molecule has 102 valence electrons. The maximum absolute atomic E-state index is 5.74. The molecule has 1 aromatic carbocycles. The van der Waals surface area contributed by atoms with Crippen molar-refractivity contribution in [2.45, 2.75) is 33.3 Å². The van der Waals surface area contributed by atoms with Gasteiger partial charge < -0.3 is 4.74 Å². The van der Waals surface area contributed by atoms with Crippen LogP contribution >= 0.6 is 27.3 Å². The number of aryl methyl sites for hydroxylation is 1. The van der Waals surface area contributed by atoms with E-state index in [1.165, 1.54) is 4.88 Å². The molecule has 1 atom stereocenters. The monoisotopic (exact) mass is 339 g/mol. The van der Waals surface area contributed by atoms with Crippen LogP contribution in [0.4, 0.5) is 0 Å². The van der Waals surface area contributed by atoms with Gasteiger partial charge in [-0.3, -0.25) is 0 Å². The highest BCUT2D eigenvalue weighted by Crippen LogP contribution is 2.33. The van der Waals surface area contributed by atoms with E-state index < -0.39 is 0 Å². The second kappa shape index (κ2) is 6.64. The van der Waals surface area contributed by atoms with Crippen molar-refractivity contribution in [2.75, 3.05) is 6.61 Å². The molecule has 1 unspecified atom stereocenters. The second-order valence-electron chi connectivity index (χ2n) is 4.32. The Balaban J connectivity index is 2.32. The first kappa shape index (κ1) is 14.7. The molecule has 0 N–H and O–H groups in total. The minimum atomic E-state index is 0.123. The van der Waals surface area contributed by atoms with E-state index in [2.05, 4.69) is 41.9 Å². The largest absolute Gasteiger partial charge is 0.371 e. The molecule has 2 aromatic rings. The highest BCUT2D eigenvalue weighted by Gasteiger charge is 2.17. The lowest BCUT2D eigenvalue weighted by Crippen LogP contribution is -2.02. The quantitative estimate of drug-likeness (QED) is 0.730. The van der Waals surface area contributed by atoms with Crippen molar-refractivity contribution in [3.05, 3.63) is 38.6 Å². The van der Waals surface area contributed by atoms with E-state index in [0.717, 1.165) is 33.8 Å². The number of ether oxygens (including phenoxy) is 1. The van der Waals surface area contributed by atoms with Crippen LogP contribution in [0.25, 0.3) is 11.3 Å². The van der Waals surface area contributed by atoms with Crippen LogP contribution in [0, 0.1) is 6.92 Å². The Hall–Kier alpha value is -0.710. The summed E-state index contributed by atoms with van der Waals surface area (Å²) in [4.78, 5) is 6.02. The second-order valence-corrected chi connectivity index (χ2v) is 6.47. The van der Waals surface area contributed by atoms with E-state index in [4.69, 9.17) is 9.72 Å². The van der Waals surface area contributed by atoms with Gasteiger partial charge in [-0.1, -0.05) is 35.0 Å². The Morgan fingerprint density at radius 1 is 1.26 bits per heavy atom. The van der Waals surface area contributed by atoms with Crippen molar-refractivity contribution in [3.8, 4) is 11.3 Å². The molecule has 4 heteroatoms. The molecule has 0 saturated carbocycles. The van der Waals surface area contributed by atoms with Gasteiger partial charge in [-0.2, -0.15) is 0 Å². The number of hydrogen-bond donors (Lipinski definition) is 0. The van der Waals surface area contributed by atoms with E-state index in [1.54, 1.807) is 11.3 Å². The van der Waals surface area contributed by atoms with Crippen molar-refractivity contribution < 1.29 is 4.74 Å². The Kier molecular flexibility index (Phi) is 5.13. The fraction of sp³-hybridized carbons (Fsp3) is 0.400. The molecular formula is C15H18BrNOS. The molecule has 1 heterocycles. The number of benzene rings is 1. The number of aromatic nitrogens is 1. The van der Waals surface area contributed by atoms with Crippen LogP contribution in [0.15, 0.2) is 28.7 Å². The first-order valence-electron chi connectivity index (χ1n) is 6.50. The van der Waals surface area contributed by atoms with Gasteiger partial charge in [0.1, 0.15) is 11.1 Å². The fourth-order valence-corrected chi connectivity index (χ4v) is 3.34. The first-order chi connectivity index (χ1) is 9.15. The van der Waals surface area contributed by atoms with Crippen molar-refractivity contribution >= 4 is 27.3 Å². The summed E-state index contributed by atoms with van der Waals surface area (Å²) in [6.07, 6.45) is 1.08. The first-order valence-corrected chi connectivity index (χ1v) is 8.11. The van der Waals surface area contributed by atoms with E-state index in [0.29, 0.717) is 0 Å². The van der Waals surface area contributed by atoms with Gasteiger partial charge in [0, 0.05) is 21.5 Å². The smallest absolute Gasteiger partial charge is 0.122 e. The van der Waals surface area contributed by atoms with E-state index >= 15 is 0 Å². The van der Waals surface area contributed by atoms with Crippen LogP contribution in [-0.2, 0) is 4.74 Å². The molecule has 0 fully saturated rings. The number of hydrogen-bond acceptors (Lipinski definition) is 3. The normalized spacial score (nSPS) is 12.6. The van der Waals surface area contributed by atoms with E-state index in [1.807, 2.05) is 19.1 Å². The van der Waals surface area contributed by atoms with Gasteiger partial charge in [0.15, 0.2) is 0 Å². The van der Waals surface area contributed by atoms with E-state index in [9.17, 15) is 0 Å². The topological polar surface area (TPSA) is 22.1 Å². The zero-order chi connectivity index (χ0) is 13.8. The molecule has 0 aliphatic carbocycles. The van der Waals surface area contributed by atoms with Gasteiger partial charge in [-0.05, 0) is 32.4 Å². The Labute approximate surface area is 127 Å². The molecule has 0 aliphatic heterocycles. The molecule has 1 aromatic heterocycles. The minimum absolute atomic E-state index is 0.123. The maximum atomic E-state index is 5.74. The highest BCUT2D eigenvalue weighted by atomic mass is 79.9. The lowest BCUT2D eigenvalue weighted by atomic mass is 10.1. The summed E-state index contributed by atoms with van der Waals surface area (Å²) in [5.41, 5.74) is 2.24. The highest BCUT2D eigenvalue weighted by molar-refractivity contribution is 9.10. The number of rotatable bonds is 5.